The molecule has 0 atom stereocenters. The molecule has 0 aliphatic rings. The molecule has 0 spiro atoms. The summed E-state index contributed by atoms with van der Waals surface area (Å²) in [5.74, 6) is -2.45. The lowest BCUT2D eigenvalue weighted by Gasteiger charge is -2.08. The van der Waals surface area contributed by atoms with Gasteiger partial charge in [-0.2, -0.15) is 0 Å². The van der Waals surface area contributed by atoms with Crippen LogP contribution in [0.15, 0.2) is 156 Å². The number of hydrogen-bond acceptors (Lipinski definition) is 5. The summed E-state index contributed by atoms with van der Waals surface area (Å²) in [6, 6.07) is 2.67. The lowest BCUT2D eigenvalue weighted by atomic mass is 10.1. The van der Waals surface area contributed by atoms with E-state index >= 15 is 0 Å². The van der Waals surface area contributed by atoms with Crippen LogP contribution in [0.5, 0.6) is 0 Å². The van der Waals surface area contributed by atoms with Crippen LogP contribution in [0.1, 0.15) is 23.3 Å². The number of hydrogen-bond donors (Lipinski definition) is 0. The van der Waals surface area contributed by atoms with Gasteiger partial charge >= 0.3 is 0 Å². The van der Waals surface area contributed by atoms with E-state index in [0.29, 0.717) is 11.0 Å². The minimum atomic E-state index is -0.775. The van der Waals surface area contributed by atoms with Gasteiger partial charge < -0.3 is 8.98 Å². The van der Waals surface area contributed by atoms with Gasteiger partial charge in [0.25, 0.3) is 0 Å². The van der Waals surface area contributed by atoms with Crippen molar-refractivity contribution in [3.63, 3.8) is 0 Å². The lowest BCUT2D eigenvalue weighted by Crippen LogP contribution is -2.00. The van der Waals surface area contributed by atoms with Crippen molar-refractivity contribution in [3.05, 3.63) is 151 Å². The summed E-state index contributed by atoms with van der Waals surface area (Å²) >= 11 is 0. The van der Waals surface area contributed by atoms with Gasteiger partial charge in [-0.25, -0.2) is 19.9 Å². The zero-order valence-corrected chi connectivity index (χ0v) is 23.3. The Morgan fingerprint density at radius 3 is 1.70 bits per heavy atom. The molecule has 0 fully saturated rings. The van der Waals surface area contributed by atoms with Crippen molar-refractivity contribution in [1.82, 2.24) is 24.5 Å². The minimum Gasteiger partial charge on any atom is -0.436 e. The van der Waals surface area contributed by atoms with Gasteiger partial charge in [-0.1, -0.05) is 103 Å². The molecule has 0 radical (unpaired) electrons. The Labute approximate surface area is 288 Å². The number of aromatic nitrogens is 5. The molecule has 9 rings (SSSR count). The molecule has 0 saturated heterocycles. The molecule has 9 aromatic rings. The van der Waals surface area contributed by atoms with E-state index in [1.54, 1.807) is 28.8 Å². The molecule has 216 valence electrons. The summed E-state index contributed by atoms with van der Waals surface area (Å²) in [6.07, 6.45) is 0. The van der Waals surface area contributed by atoms with Crippen molar-refractivity contribution < 1.29 is 27.7 Å². The van der Waals surface area contributed by atoms with Crippen LogP contribution in [0, 0.1) is 0 Å². The molecule has 6 aromatic carbocycles. The summed E-state index contributed by atoms with van der Waals surface area (Å²) < 4.78 is 155. The summed E-state index contributed by atoms with van der Waals surface area (Å²) in [4.78, 5) is 17.2. The van der Waals surface area contributed by atoms with E-state index in [1.807, 2.05) is 24.3 Å². The molecule has 3 heterocycles. The average Bonchev–Trinajstić information content (AvgIpc) is 3.86. The molecule has 0 N–H and O–H groups in total. The molecule has 0 aliphatic carbocycles. The Morgan fingerprint density at radius 1 is 0.500 bits per heavy atom. The summed E-state index contributed by atoms with van der Waals surface area (Å²) in [5, 5.41) is 1.60. The van der Waals surface area contributed by atoms with E-state index < -0.39 is 154 Å². The van der Waals surface area contributed by atoms with Crippen LogP contribution in [0.2, 0.25) is 0 Å². The van der Waals surface area contributed by atoms with Crippen LogP contribution in [0.25, 0.3) is 84.2 Å². The van der Waals surface area contributed by atoms with Gasteiger partial charge in [0.2, 0.25) is 5.89 Å². The van der Waals surface area contributed by atoms with Gasteiger partial charge in [-0.05, 0) is 48.4 Å². The molecule has 46 heavy (non-hydrogen) atoms. The van der Waals surface area contributed by atoms with Crippen molar-refractivity contribution in [1.29, 1.82) is 0 Å². The molecular formula is C40H25N5O. The third-order valence-electron chi connectivity index (χ3n) is 7.11. The largest absolute Gasteiger partial charge is 0.436 e. The van der Waals surface area contributed by atoms with Gasteiger partial charge in [0, 0.05) is 38.7 Å². The van der Waals surface area contributed by atoms with Gasteiger partial charge in [0.15, 0.2) is 23.1 Å². The Balaban J connectivity index is 1.32. The number of para-hydroxylation sites is 2. The van der Waals surface area contributed by atoms with E-state index in [0.717, 1.165) is 10.8 Å². The van der Waals surface area contributed by atoms with Crippen molar-refractivity contribution in [3.8, 4) is 51.3 Å². The smallest absolute Gasteiger partial charge is 0.227 e. The monoisotopic (exact) mass is 608 g/mol. The van der Waals surface area contributed by atoms with Crippen LogP contribution in [-0.4, -0.2) is 24.5 Å². The minimum absolute atomic E-state index is 0.0738. The third kappa shape index (κ3) is 4.43. The topological polar surface area (TPSA) is 69.6 Å². The molecule has 0 aliphatic heterocycles. The highest BCUT2D eigenvalue weighted by atomic mass is 16.3. The second kappa shape index (κ2) is 10.6. The third-order valence-corrected chi connectivity index (χ3v) is 7.11. The quantitative estimate of drug-likeness (QED) is 0.195. The normalized spacial score (nSPS) is 16.7. The summed E-state index contributed by atoms with van der Waals surface area (Å²) in [7, 11) is 0. The number of rotatable bonds is 5. The maximum absolute atomic E-state index is 9.42. The number of fused-ring (bicyclic) bond motifs is 4. The molecule has 0 bridgehead atoms. The van der Waals surface area contributed by atoms with E-state index in [2.05, 4.69) is 19.9 Å². The first-order chi connectivity index (χ1) is 29.9. The van der Waals surface area contributed by atoms with Gasteiger partial charge in [0.05, 0.1) is 34.3 Å². The second-order valence-electron chi connectivity index (χ2n) is 9.85. The fourth-order valence-electron chi connectivity index (χ4n) is 5.13. The average molecular weight is 609 g/mol. The first kappa shape index (κ1) is 14.1. The highest BCUT2D eigenvalue weighted by molar-refractivity contribution is 6.09. The zero-order valence-electron chi connectivity index (χ0n) is 40.3. The maximum Gasteiger partial charge on any atom is 0.227 e. The molecule has 6 heteroatoms. The SMILES string of the molecule is [2H]c1c([2H])c([2H])c(-c2nc(-c3c([2H])c([2H])c([2H])c([2H])c3[2H])nc(-c3c([2H])c([2H])c4oc(-c5c([2H])c([2H])c([2H])c(-n6c7ccccc7c7ccccc76)c5[2H])nc4c3[2H])n2)c([2H])c1[2H]. The van der Waals surface area contributed by atoms with Crippen LogP contribution in [0.3, 0.4) is 0 Å². The highest BCUT2D eigenvalue weighted by Gasteiger charge is 2.16. The van der Waals surface area contributed by atoms with E-state index in [9.17, 15) is 2.74 Å². The molecule has 0 unspecified atom stereocenters. The molecule has 6 nitrogen and oxygen atoms in total. The predicted molar refractivity (Wildman–Crippen MR) is 183 cm³/mol. The number of oxazole rings is 1. The highest BCUT2D eigenvalue weighted by Crippen LogP contribution is 2.34. The Kier molecular flexibility index (Phi) is 3.27. The van der Waals surface area contributed by atoms with E-state index in [-0.39, 0.29) is 11.3 Å². The van der Waals surface area contributed by atoms with Gasteiger partial charge in [-0.15, -0.1) is 0 Å². The van der Waals surface area contributed by atoms with Crippen LogP contribution >= 0.6 is 0 Å². The molecular weight excluding hydrogens is 566 g/mol. The number of nitrogens with zero attached hydrogens (tertiary/aromatic N) is 5. The second-order valence-corrected chi connectivity index (χ2v) is 9.85. The van der Waals surface area contributed by atoms with Crippen LogP contribution in [0.4, 0.5) is 0 Å². The van der Waals surface area contributed by atoms with Crippen molar-refractivity contribution >= 4 is 32.9 Å². The maximum atomic E-state index is 9.42. The standard InChI is InChI=1S/C40H25N5O/c1-3-12-26(13-4-1)37-42-38(27-14-5-2-6-15-27)44-39(43-37)28-22-23-36-33(25-28)41-40(46-36)29-16-11-17-30(24-29)45-34-20-9-7-18-31(34)32-19-8-10-21-35(32)45/h1-25H/i1D,2D,3D,4D,5D,6D,11D,12D,13D,14D,15D,16D,17D,22D,23D,24D,25D. The summed E-state index contributed by atoms with van der Waals surface area (Å²) in [5.41, 5.74) is -1.80. The van der Waals surface area contributed by atoms with Crippen molar-refractivity contribution in [2.24, 2.45) is 0 Å². The zero-order chi connectivity index (χ0) is 45.2. The van der Waals surface area contributed by atoms with E-state index in [1.165, 1.54) is 0 Å². The summed E-state index contributed by atoms with van der Waals surface area (Å²) in [6.45, 7) is 0. The predicted octanol–water partition coefficient (Wildman–Crippen LogP) is 9.78. The van der Waals surface area contributed by atoms with Crippen LogP contribution in [-0.2, 0) is 0 Å². The van der Waals surface area contributed by atoms with Crippen molar-refractivity contribution in [2.75, 3.05) is 0 Å². The Hall–Kier alpha value is -6.40. The Morgan fingerprint density at radius 2 is 1.07 bits per heavy atom. The Bertz CT molecular complexity index is 3320. The molecule has 3 aromatic heterocycles. The molecule has 0 amide bonds. The first-order valence-electron chi connectivity index (χ1n) is 22.3. The molecule has 0 saturated carbocycles. The van der Waals surface area contributed by atoms with Gasteiger partial charge in [-0.3, -0.25) is 0 Å². The first-order valence-corrected chi connectivity index (χ1v) is 13.8. The van der Waals surface area contributed by atoms with E-state index in [4.69, 9.17) is 25.0 Å². The number of benzene rings is 6. The van der Waals surface area contributed by atoms with Crippen molar-refractivity contribution in [2.45, 2.75) is 0 Å². The lowest BCUT2D eigenvalue weighted by molar-refractivity contribution is 0.620. The van der Waals surface area contributed by atoms with Gasteiger partial charge in [0.1, 0.15) is 5.52 Å². The fourth-order valence-corrected chi connectivity index (χ4v) is 5.13. The van der Waals surface area contributed by atoms with Crippen LogP contribution < -0.4 is 0 Å². The fraction of sp³-hybridized carbons (Fsp3) is 0.